The fourth-order valence-electron chi connectivity index (χ4n) is 3.84. The lowest BCUT2D eigenvalue weighted by Gasteiger charge is -2.17. The second kappa shape index (κ2) is 8.95. The highest BCUT2D eigenvalue weighted by molar-refractivity contribution is 6.40. The van der Waals surface area contributed by atoms with Gasteiger partial charge < -0.3 is 15.5 Å². The number of aromatic nitrogens is 1. The highest BCUT2D eigenvalue weighted by Gasteiger charge is 2.15. The molecule has 1 fully saturated rings. The highest BCUT2D eigenvalue weighted by Crippen LogP contribution is 2.23. The van der Waals surface area contributed by atoms with E-state index < -0.39 is 11.8 Å². The zero-order valence-corrected chi connectivity index (χ0v) is 17.1. The van der Waals surface area contributed by atoms with Crippen molar-refractivity contribution in [2.45, 2.75) is 26.2 Å². The van der Waals surface area contributed by atoms with Gasteiger partial charge in [-0.05, 0) is 56.0 Å². The number of nitrogens with zero attached hydrogens (tertiary/aromatic N) is 2. The lowest BCUT2D eigenvalue weighted by atomic mass is 10.1. The van der Waals surface area contributed by atoms with Crippen molar-refractivity contribution in [3.8, 4) is 0 Å². The first kappa shape index (κ1) is 19.9. The van der Waals surface area contributed by atoms with Gasteiger partial charge in [0, 0.05) is 36.4 Å². The molecule has 2 amide bonds. The number of aryl methyl sites for hydroxylation is 1. The summed E-state index contributed by atoms with van der Waals surface area (Å²) in [6, 6.07) is 17.7. The molecule has 30 heavy (non-hydrogen) atoms. The second-order valence-electron chi connectivity index (χ2n) is 7.65. The lowest BCUT2D eigenvalue weighted by molar-refractivity contribution is -0.136. The van der Waals surface area contributed by atoms with E-state index in [0.717, 1.165) is 35.2 Å². The zero-order chi connectivity index (χ0) is 20.9. The number of nitrogens with one attached hydrogen (secondary N) is 2. The quantitative estimate of drug-likeness (QED) is 0.641. The van der Waals surface area contributed by atoms with Crippen molar-refractivity contribution in [3.63, 3.8) is 0 Å². The number of rotatable bonds is 5. The van der Waals surface area contributed by atoms with Crippen molar-refractivity contribution >= 4 is 34.1 Å². The summed E-state index contributed by atoms with van der Waals surface area (Å²) in [6.45, 7) is 4.51. The molecule has 0 bridgehead atoms. The minimum atomic E-state index is -0.671. The predicted molar refractivity (Wildman–Crippen MR) is 120 cm³/mol. The van der Waals surface area contributed by atoms with Gasteiger partial charge in [-0.3, -0.25) is 14.6 Å². The van der Waals surface area contributed by atoms with E-state index in [1.807, 2.05) is 31.2 Å². The fourth-order valence-corrected chi connectivity index (χ4v) is 3.84. The van der Waals surface area contributed by atoms with Gasteiger partial charge in [-0.1, -0.05) is 30.3 Å². The number of hydrogen-bond donors (Lipinski definition) is 2. The van der Waals surface area contributed by atoms with E-state index in [4.69, 9.17) is 0 Å². The van der Waals surface area contributed by atoms with Crippen molar-refractivity contribution in [2.75, 3.05) is 29.9 Å². The summed E-state index contributed by atoms with van der Waals surface area (Å²) in [5.74, 6) is -1.31. The van der Waals surface area contributed by atoms with E-state index in [9.17, 15) is 9.59 Å². The molecule has 0 unspecified atom stereocenters. The number of benzene rings is 2. The van der Waals surface area contributed by atoms with E-state index >= 15 is 0 Å². The molecule has 3 aromatic rings. The fraction of sp³-hybridized carbons (Fsp3) is 0.292. The lowest BCUT2D eigenvalue weighted by Crippen LogP contribution is -2.36. The minimum absolute atomic E-state index is 0.408. The van der Waals surface area contributed by atoms with Crippen molar-refractivity contribution in [1.29, 1.82) is 0 Å². The predicted octanol–water partition coefficient (Wildman–Crippen LogP) is 3.44. The Morgan fingerprint density at radius 3 is 2.50 bits per heavy atom. The van der Waals surface area contributed by atoms with Gasteiger partial charge in [0.25, 0.3) is 0 Å². The Labute approximate surface area is 176 Å². The third kappa shape index (κ3) is 4.59. The van der Waals surface area contributed by atoms with Crippen LogP contribution in [0.25, 0.3) is 10.9 Å². The van der Waals surface area contributed by atoms with Crippen LogP contribution in [0.4, 0.5) is 11.4 Å². The van der Waals surface area contributed by atoms with Crippen LogP contribution in [-0.2, 0) is 16.0 Å². The average molecular weight is 402 g/mol. The number of carbonyl (C=O) groups excluding carboxylic acids is 2. The summed E-state index contributed by atoms with van der Waals surface area (Å²) >= 11 is 0. The number of anilines is 2. The van der Waals surface area contributed by atoms with Crippen LogP contribution in [-0.4, -0.2) is 36.4 Å². The van der Waals surface area contributed by atoms with Crippen molar-refractivity contribution in [1.82, 2.24) is 10.3 Å². The molecule has 0 saturated carbocycles. The maximum absolute atomic E-state index is 12.4. The van der Waals surface area contributed by atoms with Gasteiger partial charge >= 0.3 is 11.8 Å². The van der Waals surface area contributed by atoms with Gasteiger partial charge in [0.1, 0.15) is 0 Å². The number of fused-ring (bicyclic) bond motifs is 1. The standard InChI is InChI=1S/C24H26N4O2/c1-17-16-22(20-6-2-3-7-21(20)26-17)27-24(30)23(29)25-13-12-18-8-10-19(11-9-18)28-14-4-5-15-28/h2-3,6-11,16H,4-5,12-15H2,1H3,(H,25,29)(H,26,27,30). The Kier molecular flexibility index (Phi) is 5.93. The summed E-state index contributed by atoms with van der Waals surface area (Å²) < 4.78 is 0. The van der Waals surface area contributed by atoms with Crippen LogP contribution in [0.1, 0.15) is 24.1 Å². The Balaban J connectivity index is 1.31. The smallest absolute Gasteiger partial charge is 0.313 e. The van der Waals surface area contributed by atoms with Crippen LogP contribution in [0, 0.1) is 6.92 Å². The SMILES string of the molecule is Cc1cc(NC(=O)C(=O)NCCc2ccc(N3CCCC3)cc2)c2ccccc2n1. The maximum Gasteiger partial charge on any atom is 0.313 e. The van der Waals surface area contributed by atoms with Gasteiger partial charge in [0.05, 0.1) is 11.2 Å². The summed E-state index contributed by atoms with van der Waals surface area (Å²) in [5.41, 5.74) is 4.54. The molecule has 154 valence electrons. The first-order chi connectivity index (χ1) is 14.6. The number of hydrogen-bond acceptors (Lipinski definition) is 4. The Hall–Kier alpha value is -3.41. The second-order valence-corrected chi connectivity index (χ2v) is 7.65. The van der Waals surface area contributed by atoms with Crippen LogP contribution in [0.2, 0.25) is 0 Å². The maximum atomic E-state index is 12.4. The van der Waals surface area contributed by atoms with Crippen molar-refractivity contribution in [3.05, 3.63) is 65.9 Å². The van der Waals surface area contributed by atoms with E-state index in [-0.39, 0.29) is 0 Å². The van der Waals surface area contributed by atoms with Gasteiger partial charge in [-0.15, -0.1) is 0 Å². The molecule has 0 atom stereocenters. The topological polar surface area (TPSA) is 74.3 Å². The molecule has 6 nitrogen and oxygen atoms in total. The van der Waals surface area contributed by atoms with Gasteiger partial charge in [-0.25, -0.2) is 0 Å². The number of amides is 2. The number of carbonyl (C=O) groups is 2. The molecule has 6 heteroatoms. The molecular weight excluding hydrogens is 376 g/mol. The first-order valence-electron chi connectivity index (χ1n) is 10.4. The third-order valence-electron chi connectivity index (χ3n) is 5.41. The molecule has 0 radical (unpaired) electrons. The van der Waals surface area contributed by atoms with Crippen LogP contribution in [0.5, 0.6) is 0 Å². The monoisotopic (exact) mass is 402 g/mol. The molecule has 0 aliphatic carbocycles. The van der Waals surface area contributed by atoms with Crippen LogP contribution in [0.3, 0.4) is 0 Å². The molecule has 1 saturated heterocycles. The summed E-state index contributed by atoms with van der Waals surface area (Å²) in [7, 11) is 0. The molecule has 2 N–H and O–H groups in total. The van der Waals surface area contributed by atoms with Crippen LogP contribution in [0.15, 0.2) is 54.6 Å². The van der Waals surface area contributed by atoms with Gasteiger partial charge in [-0.2, -0.15) is 0 Å². The largest absolute Gasteiger partial charge is 0.372 e. The zero-order valence-electron chi connectivity index (χ0n) is 17.1. The normalized spacial score (nSPS) is 13.4. The summed E-state index contributed by atoms with van der Waals surface area (Å²) in [4.78, 5) is 31.4. The van der Waals surface area contributed by atoms with E-state index in [1.165, 1.54) is 18.5 Å². The van der Waals surface area contributed by atoms with E-state index in [0.29, 0.717) is 18.7 Å². The molecule has 2 heterocycles. The Morgan fingerprint density at radius 2 is 1.73 bits per heavy atom. The van der Waals surface area contributed by atoms with Gasteiger partial charge in [0.2, 0.25) is 0 Å². The Morgan fingerprint density at radius 1 is 1.00 bits per heavy atom. The van der Waals surface area contributed by atoms with Crippen LogP contribution < -0.4 is 15.5 Å². The molecule has 2 aromatic carbocycles. The third-order valence-corrected chi connectivity index (χ3v) is 5.41. The molecule has 1 aromatic heterocycles. The minimum Gasteiger partial charge on any atom is -0.372 e. The number of pyridine rings is 1. The van der Waals surface area contributed by atoms with Gasteiger partial charge in [0.15, 0.2) is 0 Å². The molecular formula is C24H26N4O2. The average Bonchev–Trinajstić information content (AvgIpc) is 3.29. The Bertz CT molecular complexity index is 1060. The molecule has 0 spiro atoms. The molecule has 1 aliphatic heterocycles. The first-order valence-corrected chi connectivity index (χ1v) is 10.4. The van der Waals surface area contributed by atoms with Crippen molar-refractivity contribution < 1.29 is 9.59 Å². The molecule has 1 aliphatic rings. The summed E-state index contributed by atoms with van der Waals surface area (Å²) in [5, 5.41) is 6.23. The summed E-state index contributed by atoms with van der Waals surface area (Å²) in [6.07, 6.45) is 3.19. The van der Waals surface area contributed by atoms with Crippen LogP contribution >= 0.6 is 0 Å². The van der Waals surface area contributed by atoms with E-state index in [1.54, 1.807) is 6.07 Å². The van der Waals surface area contributed by atoms with Crippen molar-refractivity contribution in [2.24, 2.45) is 0 Å². The molecule has 4 rings (SSSR count). The number of para-hydroxylation sites is 1. The highest BCUT2D eigenvalue weighted by atomic mass is 16.2. The van der Waals surface area contributed by atoms with E-state index in [2.05, 4.69) is 44.8 Å².